The normalized spacial score (nSPS) is 17.8. The standard InChI is InChI=1S/C18H20FN/c19-17-8-5-14(6-9-17)11-12-20-18-10-7-15-3-1-2-4-16(15)13-18/h1-6,8-9,18,20H,7,10-13H2. The summed E-state index contributed by atoms with van der Waals surface area (Å²) in [7, 11) is 0. The van der Waals surface area contributed by atoms with Gasteiger partial charge in [-0.25, -0.2) is 4.39 Å². The van der Waals surface area contributed by atoms with Crippen molar-refractivity contribution in [3.05, 3.63) is 71.0 Å². The van der Waals surface area contributed by atoms with Gasteiger partial charge < -0.3 is 5.32 Å². The van der Waals surface area contributed by atoms with Crippen LogP contribution in [0.2, 0.25) is 0 Å². The van der Waals surface area contributed by atoms with Crippen LogP contribution < -0.4 is 5.32 Å². The zero-order valence-corrected chi connectivity index (χ0v) is 11.6. The second kappa shape index (κ2) is 6.19. The van der Waals surface area contributed by atoms with Crippen molar-refractivity contribution in [2.45, 2.75) is 31.7 Å². The first-order chi connectivity index (χ1) is 9.81. The third-order valence-corrected chi connectivity index (χ3v) is 4.11. The van der Waals surface area contributed by atoms with Crippen molar-refractivity contribution in [3.63, 3.8) is 0 Å². The molecular weight excluding hydrogens is 249 g/mol. The fraction of sp³-hybridized carbons (Fsp3) is 0.333. The first kappa shape index (κ1) is 13.3. The fourth-order valence-corrected chi connectivity index (χ4v) is 2.94. The minimum absolute atomic E-state index is 0.161. The van der Waals surface area contributed by atoms with Crippen molar-refractivity contribution >= 4 is 0 Å². The summed E-state index contributed by atoms with van der Waals surface area (Å²) < 4.78 is 12.8. The van der Waals surface area contributed by atoms with Crippen LogP contribution in [0.4, 0.5) is 4.39 Å². The van der Waals surface area contributed by atoms with Gasteiger partial charge in [0.05, 0.1) is 0 Å². The van der Waals surface area contributed by atoms with E-state index in [2.05, 4.69) is 29.6 Å². The summed E-state index contributed by atoms with van der Waals surface area (Å²) in [4.78, 5) is 0. The average Bonchev–Trinajstić information content (AvgIpc) is 2.49. The third-order valence-electron chi connectivity index (χ3n) is 4.11. The monoisotopic (exact) mass is 269 g/mol. The molecule has 0 bridgehead atoms. The molecule has 1 atom stereocenters. The Hall–Kier alpha value is -1.67. The lowest BCUT2D eigenvalue weighted by atomic mass is 9.88. The highest BCUT2D eigenvalue weighted by molar-refractivity contribution is 5.30. The van der Waals surface area contributed by atoms with E-state index in [-0.39, 0.29) is 5.82 Å². The summed E-state index contributed by atoms with van der Waals surface area (Å²) in [6.07, 6.45) is 4.46. The average molecular weight is 269 g/mol. The van der Waals surface area contributed by atoms with Crippen molar-refractivity contribution in [2.24, 2.45) is 0 Å². The Morgan fingerprint density at radius 2 is 1.75 bits per heavy atom. The third kappa shape index (κ3) is 3.26. The smallest absolute Gasteiger partial charge is 0.123 e. The van der Waals surface area contributed by atoms with Crippen LogP contribution >= 0.6 is 0 Å². The van der Waals surface area contributed by atoms with Crippen LogP contribution in [0.5, 0.6) is 0 Å². The van der Waals surface area contributed by atoms with Crippen LogP contribution in [-0.2, 0) is 19.3 Å². The van der Waals surface area contributed by atoms with Gasteiger partial charge in [0.1, 0.15) is 5.82 Å². The lowest BCUT2D eigenvalue weighted by molar-refractivity contribution is 0.461. The van der Waals surface area contributed by atoms with Crippen molar-refractivity contribution < 1.29 is 4.39 Å². The van der Waals surface area contributed by atoms with E-state index in [0.717, 1.165) is 19.4 Å². The maximum Gasteiger partial charge on any atom is 0.123 e. The predicted molar refractivity (Wildman–Crippen MR) is 80.4 cm³/mol. The van der Waals surface area contributed by atoms with E-state index >= 15 is 0 Å². The summed E-state index contributed by atoms with van der Waals surface area (Å²) >= 11 is 0. The lowest BCUT2D eigenvalue weighted by Gasteiger charge is -2.25. The van der Waals surface area contributed by atoms with Gasteiger partial charge in [0.15, 0.2) is 0 Å². The molecule has 0 amide bonds. The van der Waals surface area contributed by atoms with E-state index in [9.17, 15) is 4.39 Å². The number of aryl methyl sites for hydroxylation is 1. The van der Waals surface area contributed by atoms with E-state index < -0.39 is 0 Å². The fourth-order valence-electron chi connectivity index (χ4n) is 2.94. The molecule has 0 radical (unpaired) electrons. The Morgan fingerprint density at radius 3 is 2.55 bits per heavy atom. The van der Waals surface area contributed by atoms with E-state index in [1.807, 2.05) is 12.1 Å². The summed E-state index contributed by atoms with van der Waals surface area (Å²) in [5.41, 5.74) is 4.18. The SMILES string of the molecule is Fc1ccc(CCNC2CCc3ccccc3C2)cc1. The largest absolute Gasteiger partial charge is 0.313 e. The van der Waals surface area contributed by atoms with Gasteiger partial charge in [-0.1, -0.05) is 36.4 Å². The molecule has 0 saturated carbocycles. The Balaban J connectivity index is 1.49. The number of rotatable bonds is 4. The van der Waals surface area contributed by atoms with Gasteiger partial charge in [0.2, 0.25) is 0 Å². The first-order valence-corrected chi connectivity index (χ1v) is 7.36. The van der Waals surface area contributed by atoms with Crippen molar-refractivity contribution in [1.29, 1.82) is 0 Å². The summed E-state index contributed by atoms with van der Waals surface area (Å²) in [5.74, 6) is -0.161. The highest BCUT2D eigenvalue weighted by atomic mass is 19.1. The molecule has 1 aliphatic carbocycles. The molecule has 0 heterocycles. The van der Waals surface area contributed by atoms with Crippen molar-refractivity contribution in [3.8, 4) is 0 Å². The minimum Gasteiger partial charge on any atom is -0.313 e. The zero-order chi connectivity index (χ0) is 13.8. The molecule has 2 aromatic carbocycles. The zero-order valence-electron chi connectivity index (χ0n) is 11.6. The van der Waals surface area contributed by atoms with E-state index in [4.69, 9.17) is 0 Å². The highest BCUT2D eigenvalue weighted by Gasteiger charge is 2.17. The van der Waals surface area contributed by atoms with Gasteiger partial charge in [-0.3, -0.25) is 0 Å². The Labute approximate surface area is 119 Å². The topological polar surface area (TPSA) is 12.0 Å². The molecule has 0 aromatic heterocycles. The molecule has 1 nitrogen and oxygen atoms in total. The molecule has 0 spiro atoms. The van der Waals surface area contributed by atoms with E-state index in [0.29, 0.717) is 6.04 Å². The molecule has 1 aliphatic rings. The molecule has 2 heteroatoms. The molecule has 1 unspecified atom stereocenters. The minimum atomic E-state index is -0.161. The number of halogens is 1. The van der Waals surface area contributed by atoms with Crippen LogP contribution in [0.15, 0.2) is 48.5 Å². The predicted octanol–water partition coefficient (Wildman–Crippen LogP) is 3.52. The lowest BCUT2D eigenvalue weighted by Crippen LogP contribution is -2.35. The van der Waals surface area contributed by atoms with Gasteiger partial charge in [0.25, 0.3) is 0 Å². The van der Waals surface area contributed by atoms with Crippen LogP contribution in [0.1, 0.15) is 23.1 Å². The van der Waals surface area contributed by atoms with Crippen LogP contribution in [0.25, 0.3) is 0 Å². The molecule has 104 valence electrons. The van der Waals surface area contributed by atoms with Gasteiger partial charge >= 0.3 is 0 Å². The second-order valence-corrected chi connectivity index (χ2v) is 5.54. The van der Waals surface area contributed by atoms with Gasteiger partial charge in [-0.05, 0) is 61.1 Å². The van der Waals surface area contributed by atoms with E-state index in [1.165, 1.54) is 41.7 Å². The van der Waals surface area contributed by atoms with Crippen LogP contribution in [-0.4, -0.2) is 12.6 Å². The number of fused-ring (bicyclic) bond motifs is 1. The Bertz CT molecular complexity index is 562. The Kier molecular flexibility index (Phi) is 4.12. The molecular formula is C18H20FN. The molecule has 0 saturated heterocycles. The van der Waals surface area contributed by atoms with Crippen LogP contribution in [0.3, 0.4) is 0 Å². The molecule has 3 rings (SSSR count). The van der Waals surface area contributed by atoms with Crippen molar-refractivity contribution in [2.75, 3.05) is 6.54 Å². The quantitative estimate of drug-likeness (QED) is 0.895. The molecule has 20 heavy (non-hydrogen) atoms. The van der Waals surface area contributed by atoms with Gasteiger partial charge in [-0.15, -0.1) is 0 Å². The molecule has 0 fully saturated rings. The second-order valence-electron chi connectivity index (χ2n) is 5.54. The summed E-state index contributed by atoms with van der Waals surface area (Å²) in [6, 6.07) is 16.1. The maximum atomic E-state index is 12.8. The number of nitrogens with one attached hydrogen (secondary N) is 1. The van der Waals surface area contributed by atoms with Crippen molar-refractivity contribution in [1.82, 2.24) is 5.32 Å². The number of benzene rings is 2. The first-order valence-electron chi connectivity index (χ1n) is 7.36. The Morgan fingerprint density at radius 1 is 1.00 bits per heavy atom. The van der Waals surface area contributed by atoms with E-state index in [1.54, 1.807) is 0 Å². The summed E-state index contributed by atoms with van der Waals surface area (Å²) in [6.45, 7) is 0.957. The number of hydrogen-bond donors (Lipinski definition) is 1. The maximum absolute atomic E-state index is 12.8. The molecule has 2 aromatic rings. The molecule has 1 N–H and O–H groups in total. The van der Waals surface area contributed by atoms with Gasteiger partial charge in [0, 0.05) is 6.04 Å². The van der Waals surface area contributed by atoms with Crippen LogP contribution in [0, 0.1) is 5.82 Å². The summed E-state index contributed by atoms with van der Waals surface area (Å²) in [5, 5.41) is 3.63. The molecule has 0 aliphatic heterocycles. The number of hydrogen-bond acceptors (Lipinski definition) is 1. The highest BCUT2D eigenvalue weighted by Crippen LogP contribution is 2.20. The van der Waals surface area contributed by atoms with Gasteiger partial charge in [-0.2, -0.15) is 0 Å².